The number of halogens is 4. The summed E-state index contributed by atoms with van der Waals surface area (Å²) in [6, 6.07) is 17.2. The summed E-state index contributed by atoms with van der Waals surface area (Å²) in [6.45, 7) is 4.40. The van der Waals surface area contributed by atoms with E-state index in [4.69, 9.17) is 9.47 Å². The molecule has 3 rings (SSSR count). The zero-order chi connectivity index (χ0) is 20.5. The second-order valence-corrected chi connectivity index (χ2v) is 15.4. The van der Waals surface area contributed by atoms with Gasteiger partial charge in [0.1, 0.15) is 20.2 Å². The molecule has 0 bridgehead atoms. The SMILES string of the molecule is CC1(C)[C@H](C(=O)OCc2cccc(Oc3ccccc3)c2)[C@@H]1C(Br)C(Br)(Br)Br. The van der Waals surface area contributed by atoms with Crippen molar-refractivity contribution in [3.63, 3.8) is 0 Å². The van der Waals surface area contributed by atoms with Crippen LogP contribution in [0.25, 0.3) is 0 Å². The molecule has 0 spiro atoms. The Labute approximate surface area is 199 Å². The van der Waals surface area contributed by atoms with Gasteiger partial charge in [-0.25, -0.2) is 0 Å². The monoisotopic (exact) mass is 636 g/mol. The summed E-state index contributed by atoms with van der Waals surface area (Å²) in [6.07, 6.45) is 0. The minimum Gasteiger partial charge on any atom is -0.461 e. The van der Waals surface area contributed by atoms with Gasteiger partial charge in [-0.1, -0.05) is 108 Å². The molecule has 1 saturated carbocycles. The van der Waals surface area contributed by atoms with Crippen LogP contribution in [0.1, 0.15) is 19.4 Å². The van der Waals surface area contributed by atoms with Crippen LogP contribution in [0.15, 0.2) is 54.6 Å². The summed E-state index contributed by atoms with van der Waals surface area (Å²) in [5, 5.41) is 0. The molecule has 1 fully saturated rings. The van der Waals surface area contributed by atoms with E-state index in [0.717, 1.165) is 11.3 Å². The lowest BCUT2D eigenvalue weighted by atomic mass is 10.1. The van der Waals surface area contributed by atoms with Gasteiger partial charge in [0.25, 0.3) is 0 Å². The zero-order valence-electron chi connectivity index (χ0n) is 15.4. The molecular weight excluding hydrogens is 620 g/mol. The summed E-state index contributed by atoms with van der Waals surface area (Å²) in [7, 11) is 0. The molecule has 0 aromatic heterocycles. The van der Waals surface area contributed by atoms with Crippen molar-refractivity contribution in [3.8, 4) is 11.5 Å². The summed E-state index contributed by atoms with van der Waals surface area (Å²) in [5.41, 5.74) is 0.757. The largest absolute Gasteiger partial charge is 0.461 e. The summed E-state index contributed by atoms with van der Waals surface area (Å²) < 4.78 is 11.0. The second kappa shape index (κ2) is 8.78. The van der Waals surface area contributed by atoms with Crippen molar-refractivity contribution in [2.75, 3.05) is 0 Å². The van der Waals surface area contributed by atoms with E-state index in [1.54, 1.807) is 0 Å². The molecule has 0 N–H and O–H groups in total. The quantitative estimate of drug-likeness (QED) is 0.244. The minimum absolute atomic E-state index is 0.0233. The second-order valence-electron chi connectivity index (χ2n) is 7.44. The maximum atomic E-state index is 12.7. The zero-order valence-corrected chi connectivity index (χ0v) is 21.7. The number of para-hydroxylation sites is 1. The first kappa shape index (κ1) is 22.3. The molecule has 1 aliphatic carbocycles. The fraction of sp³-hybridized carbons (Fsp3) is 0.381. The van der Waals surface area contributed by atoms with E-state index in [1.165, 1.54) is 0 Å². The summed E-state index contributed by atoms with van der Waals surface area (Å²) >= 11 is 14.3. The van der Waals surface area contributed by atoms with Gasteiger partial charge in [0.05, 0.1) is 10.7 Å². The minimum atomic E-state index is -0.465. The maximum Gasteiger partial charge on any atom is 0.310 e. The molecule has 0 amide bonds. The van der Waals surface area contributed by atoms with Gasteiger partial charge >= 0.3 is 5.97 Å². The molecule has 3 nitrogen and oxygen atoms in total. The molecule has 3 atom stereocenters. The number of esters is 1. The summed E-state index contributed by atoms with van der Waals surface area (Å²) in [5.74, 6) is 1.29. The van der Waals surface area contributed by atoms with Gasteiger partial charge in [0, 0.05) is 0 Å². The molecule has 0 aliphatic heterocycles. The number of hydrogen-bond acceptors (Lipinski definition) is 3. The summed E-state index contributed by atoms with van der Waals surface area (Å²) in [4.78, 5) is 12.7. The van der Waals surface area contributed by atoms with Gasteiger partial charge in [-0.2, -0.15) is 0 Å². The molecule has 0 heterocycles. The lowest BCUT2D eigenvalue weighted by molar-refractivity contribution is -0.147. The predicted octanol–water partition coefficient (Wildman–Crippen LogP) is 7.40. The molecular formula is C21H20Br4O3. The highest BCUT2D eigenvalue weighted by atomic mass is 80.0. The lowest BCUT2D eigenvalue weighted by Crippen LogP contribution is -2.22. The predicted molar refractivity (Wildman–Crippen MR) is 126 cm³/mol. The number of rotatable bonds is 6. The third-order valence-electron chi connectivity index (χ3n) is 5.05. The van der Waals surface area contributed by atoms with Gasteiger partial charge in [0.2, 0.25) is 0 Å². The van der Waals surface area contributed by atoms with Crippen LogP contribution in [-0.2, 0) is 16.1 Å². The van der Waals surface area contributed by atoms with Crippen molar-refractivity contribution >= 4 is 69.7 Å². The van der Waals surface area contributed by atoms with Crippen molar-refractivity contribution in [1.82, 2.24) is 0 Å². The third-order valence-corrected chi connectivity index (χ3v) is 9.63. The van der Waals surface area contributed by atoms with Gasteiger partial charge < -0.3 is 9.47 Å². The van der Waals surface area contributed by atoms with E-state index >= 15 is 0 Å². The molecule has 2 aromatic rings. The van der Waals surface area contributed by atoms with Crippen molar-refractivity contribution in [3.05, 3.63) is 60.2 Å². The third kappa shape index (κ3) is 5.21. The van der Waals surface area contributed by atoms with E-state index in [1.807, 2.05) is 54.6 Å². The van der Waals surface area contributed by atoms with E-state index in [2.05, 4.69) is 77.6 Å². The van der Waals surface area contributed by atoms with Crippen LogP contribution in [-0.4, -0.2) is 12.9 Å². The Bertz CT molecular complexity index is 833. The van der Waals surface area contributed by atoms with Gasteiger partial charge in [0.15, 0.2) is 0 Å². The van der Waals surface area contributed by atoms with E-state index in [9.17, 15) is 4.79 Å². The van der Waals surface area contributed by atoms with Crippen molar-refractivity contribution < 1.29 is 14.3 Å². The Hall–Kier alpha value is -0.370. The lowest BCUT2D eigenvalue weighted by Gasteiger charge is -2.20. The van der Waals surface area contributed by atoms with E-state index < -0.39 is 2.14 Å². The molecule has 28 heavy (non-hydrogen) atoms. The highest BCUT2D eigenvalue weighted by Crippen LogP contribution is 2.66. The van der Waals surface area contributed by atoms with Crippen LogP contribution in [0.5, 0.6) is 11.5 Å². The molecule has 0 radical (unpaired) electrons. The topological polar surface area (TPSA) is 35.5 Å². The van der Waals surface area contributed by atoms with Crippen LogP contribution < -0.4 is 4.74 Å². The number of carbonyl (C=O) groups is 1. The number of hydrogen-bond donors (Lipinski definition) is 0. The van der Waals surface area contributed by atoms with Crippen molar-refractivity contribution in [1.29, 1.82) is 0 Å². The average Bonchev–Trinajstić information content (AvgIpc) is 3.21. The Balaban J connectivity index is 1.60. The highest BCUT2D eigenvalue weighted by molar-refractivity contribution is 9.40. The van der Waals surface area contributed by atoms with E-state index in [0.29, 0.717) is 5.75 Å². The van der Waals surface area contributed by atoms with Crippen LogP contribution in [0.2, 0.25) is 0 Å². The van der Waals surface area contributed by atoms with Gasteiger partial charge in [-0.05, 0) is 41.2 Å². The van der Waals surface area contributed by atoms with Crippen LogP contribution in [0.3, 0.4) is 0 Å². The first-order valence-corrected chi connectivity index (χ1v) is 12.1. The normalized spacial score (nSPS) is 21.6. The molecule has 2 aromatic carbocycles. The van der Waals surface area contributed by atoms with Crippen LogP contribution >= 0.6 is 63.7 Å². The molecule has 1 aliphatic rings. The Kier molecular flexibility index (Phi) is 7.00. The Morgan fingerprint density at radius 1 is 1.07 bits per heavy atom. The van der Waals surface area contributed by atoms with Crippen molar-refractivity contribution in [2.24, 2.45) is 17.3 Å². The molecule has 7 heteroatoms. The van der Waals surface area contributed by atoms with Gasteiger partial charge in [-0.3, -0.25) is 4.79 Å². The standard InChI is InChI=1S/C21H20Br4O3/c1-20(2)16(18(22)21(23,24)25)17(20)19(26)27-12-13-7-6-10-15(11-13)28-14-8-4-3-5-9-14/h3-11,16-18H,12H2,1-2H3/t16-,17+,18?/m1/s1. The van der Waals surface area contributed by atoms with E-state index in [-0.39, 0.29) is 34.7 Å². The first-order chi connectivity index (χ1) is 13.1. The first-order valence-electron chi connectivity index (χ1n) is 8.80. The number of carbonyl (C=O) groups excluding carboxylic acids is 1. The average molecular weight is 640 g/mol. The van der Waals surface area contributed by atoms with Gasteiger partial charge in [-0.15, -0.1) is 0 Å². The Morgan fingerprint density at radius 3 is 2.36 bits per heavy atom. The Morgan fingerprint density at radius 2 is 1.71 bits per heavy atom. The smallest absolute Gasteiger partial charge is 0.310 e. The number of alkyl halides is 4. The van der Waals surface area contributed by atoms with Crippen LogP contribution in [0, 0.1) is 17.3 Å². The number of ether oxygens (including phenoxy) is 2. The van der Waals surface area contributed by atoms with Crippen molar-refractivity contribution in [2.45, 2.75) is 27.4 Å². The fourth-order valence-corrected chi connectivity index (χ4v) is 5.29. The number of benzene rings is 2. The maximum absolute atomic E-state index is 12.7. The fourth-order valence-electron chi connectivity index (χ4n) is 3.45. The highest BCUT2D eigenvalue weighted by Gasteiger charge is 2.67. The molecule has 1 unspecified atom stereocenters. The molecule has 0 saturated heterocycles. The molecule has 150 valence electrons. The van der Waals surface area contributed by atoms with Crippen LogP contribution in [0.4, 0.5) is 0 Å².